The molecule has 0 unspecified atom stereocenters. The van der Waals surface area contributed by atoms with E-state index in [1.807, 2.05) is 0 Å². The highest BCUT2D eigenvalue weighted by atomic mass is 16.5. The minimum atomic E-state index is -1.50. The van der Waals surface area contributed by atoms with Gasteiger partial charge in [-0.05, 0) is 29.8 Å². The summed E-state index contributed by atoms with van der Waals surface area (Å²) in [5, 5.41) is 96.5. The van der Waals surface area contributed by atoms with E-state index in [1.165, 1.54) is 49.6 Å². The van der Waals surface area contributed by atoms with Gasteiger partial charge in [0.2, 0.25) is 5.75 Å². The Morgan fingerprint density at radius 3 is 1.95 bits per heavy atom. The Hall–Kier alpha value is -5.20. The lowest BCUT2D eigenvalue weighted by Gasteiger charge is -2.40. The van der Waals surface area contributed by atoms with E-state index in [1.54, 1.807) is 0 Å². The molecule has 0 spiro atoms. The van der Waals surface area contributed by atoms with E-state index in [4.69, 9.17) is 14.2 Å². The average molecular weight is 593 g/mol. The summed E-state index contributed by atoms with van der Waals surface area (Å²) >= 11 is 0. The van der Waals surface area contributed by atoms with Crippen LogP contribution in [0.1, 0.15) is 45.9 Å². The molecule has 0 saturated carbocycles. The minimum Gasteiger partial charge on any atom is -0.508 e. The smallest absolute Gasteiger partial charge is 0.202 e. The summed E-state index contributed by atoms with van der Waals surface area (Å²) in [6.45, 7) is 0. The molecule has 43 heavy (non-hydrogen) atoms. The Morgan fingerprint density at radius 2 is 1.30 bits per heavy atom. The maximum absolute atomic E-state index is 11.8. The molecule has 2 heterocycles. The largest absolute Gasteiger partial charge is 0.508 e. The van der Waals surface area contributed by atoms with Crippen LogP contribution in [0, 0.1) is 0 Å². The lowest BCUT2D eigenvalue weighted by Crippen LogP contribution is -2.36. The Labute approximate surface area is 244 Å². The fourth-order valence-electron chi connectivity index (χ4n) is 5.93. The first kappa shape index (κ1) is 27.9. The maximum Gasteiger partial charge on any atom is 0.202 e. The minimum absolute atomic E-state index is 0.00882. The third kappa shape index (κ3) is 4.57. The standard InChI is InChI=1S/C31H28O12/c1-41-31-20(37)6-13(7-21(31)38)28-22(39)10-16-17(34)11-19(36)25(30(16)43-28)26-24-18(35)8-15(33)9-23(24)42-29(27(26)40)12-2-4-14(32)5-3-12/h2-9,11,22,26-29,32-40H,10H2,1H3/t22-,26-,27+,28-,29+/m0/s1. The van der Waals surface area contributed by atoms with Gasteiger partial charge in [-0.2, -0.15) is 0 Å². The highest BCUT2D eigenvalue weighted by molar-refractivity contribution is 5.66. The SMILES string of the molecule is COc1c(O)cc([C@@H]2Oc3c(c(O)cc(O)c3[C@@H]3c4c(O)cc(O)cc4O[C@H](c4ccc(O)cc4)[C@@H]3O)C[C@@H]2O)cc1O. The van der Waals surface area contributed by atoms with Crippen molar-refractivity contribution < 1.29 is 60.2 Å². The van der Waals surface area contributed by atoms with Gasteiger partial charge >= 0.3 is 0 Å². The Bertz CT molecular complexity index is 1690. The highest BCUT2D eigenvalue weighted by Gasteiger charge is 2.46. The van der Waals surface area contributed by atoms with Crippen molar-refractivity contribution in [1.29, 1.82) is 0 Å². The molecule has 0 aromatic heterocycles. The van der Waals surface area contributed by atoms with Crippen LogP contribution >= 0.6 is 0 Å². The van der Waals surface area contributed by atoms with Crippen molar-refractivity contribution >= 4 is 0 Å². The van der Waals surface area contributed by atoms with Crippen molar-refractivity contribution in [2.45, 2.75) is 36.8 Å². The van der Waals surface area contributed by atoms with E-state index in [9.17, 15) is 46.0 Å². The monoisotopic (exact) mass is 592 g/mol. The molecule has 0 aliphatic carbocycles. The topological polar surface area (TPSA) is 210 Å². The van der Waals surface area contributed by atoms with E-state index in [2.05, 4.69) is 0 Å². The highest BCUT2D eigenvalue weighted by Crippen LogP contribution is 2.57. The number of hydrogen-bond acceptors (Lipinski definition) is 12. The van der Waals surface area contributed by atoms with Crippen molar-refractivity contribution in [2.24, 2.45) is 0 Å². The molecule has 4 aromatic rings. The van der Waals surface area contributed by atoms with Crippen LogP contribution in [0.15, 0.2) is 54.6 Å². The normalized spacial score (nSPS) is 22.5. The van der Waals surface area contributed by atoms with Gasteiger partial charge in [-0.25, -0.2) is 0 Å². The number of aromatic hydroxyl groups is 7. The lowest BCUT2D eigenvalue weighted by molar-refractivity contribution is 0.00119. The van der Waals surface area contributed by atoms with Crippen LogP contribution in [-0.2, 0) is 6.42 Å². The molecule has 0 radical (unpaired) electrons. The second kappa shape index (κ2) is 10.3. The molecule has 6 rings (SSSR count). The first-order valence-corrected chi connectivity index (χ1v) is 13.2. The molecule has 224 valence electrons. The van der Waals surface area contributed by atoms with Gasteiger partial charge in [0.1, 0.15) is 46.4 Å². The predicted molar refractivity (Wildman–Crippen MR) is 148 cm³/mol. The summed E-state index contributed by atoms with van der Waals surface area (Å²) in [6.07, 6.45) is -5.33. The van der Waals surface area contributed by atoms with Crippen molar-refractivity contribution in [3.05, 3.63) is 82.4 Å². The van der Waals surface area contributed by atoms with Crippen LogP contribution in [0.25, 0.3) is 0 Å². The Balaban J connectivity index is 1.54. The zero-order valence-electron chi connectivity index (χ0n) is 22.5. The average Bonchev–Trinajstić information content (AvgIpc) is 2.94. The molecule has 4 aromatic carbocycles. The van der Waals surface area contributed by atoms with Gasteiger partial charge in [0.25, 0.3) is 0 Å². The molecule has 2 aliphatic heterocycles. The van der Waals surface area contributed by atoms with E-state index in [0.717, 1.165) is 12.1 Å². The molecule has 9 N–H and O–H groups in total. The van der Waals surface area contributed by atoms with E-state index in [-0.39, 0.29) is 57.4 Å². The van der Waals surface area contributed by atoms with Crippen LogP contribution in [0.3, 0.4) is 0 Å². The Morgan fingerprint density at radius 1 is 0.651 bits per heavy atom. The summed E-state index contributed by atoms with van der Waals surface area (Å²) in [7, 11) is 1.26. The van der Waals surface area contributed by atoms with Crippen molar-refractivity contribution in [1.82, 2.24) is 0 Å². The van der Waals surface area contributed by atoms with Crippen LogP contribution in [-0.4, -0.2) is 65.3 Å². The Kier molecular flexibility index (Phi) is 6.67. The molecular formula is C31H28O12. The molecule has 12 heteroatoms. The van der Waals surface area contributed by atoms with E-state index < -0.39 is 59.1 Å². The molecule has 5 atom stereocenters. The second-order valence-electron chi connectivity index (χ2n) is 10.5. The molecule has 2 aliphatic rings. The van der Waals surface area contributed by atoms with Crippen LogP contribution in [0.2, 0.25) is 0 Å². The summed E-state index contributed by atoms with van der Waals surface area (Å²) in [4.78, 5) is 0. The zero-order chi connectivity index (χ0) is 30.7. The van der Waals surface area contributed by atoms with Crippen molar-refractivity contribution in [3.63, 3.8) is 0 Å². The fraction of sp³-hybridized carbons (Fsp3) is 0.226. The zero-order valence-corrected chi connectivity index (χ0v) is 22.5. The number of benzene rings is 4. The number of aliphatic hydroxyl groups is 2. The molecule has 12 nitrogen and oxygen atoms in total. The predicted octanol–water partition coefficient (Wildman–Crippen LogP) is 3.30. The van der Waals surface area contributed by atoms with Crippen LogP contribution < -0.4 is 14.2 Å². The third-order valence-electron chi connectivity index (χ3n) is 7.84. The molecule has 0 fully saturated rings. The van der Waals surface area contributed by atoms with Gasteiger partial charge in [0, 0.05) is 46.9 Å². The fourth-order valence-corrected chi connectivity index (χ4v) is 5.93. The first-order chi connectivity index (χ1) is 20.5. The number of ether oxygens (including phenoxy) is 3. The van der Waals surface area contributed by atoms with Gasteiger partial charge in [-0.15, -0.1) is 0 Å². The first-order valence-electron chi connectivity index (χ1n) is 13.2. The second-order valence-corrected chi connectivity index (χ2v) is 10.5. The number of phenols is 7. The van der Waals surface area contributed by atoms with Gasteiger partial charge < -0.3 is 60.2 Å². The molecular weight excluding hydrogens is 564 g/mol. The number of phenolic OH excluding ortho intramolecular Hbond substituents is 7. The molecule has 0 saturated heterocycles. The molecule has 0 amide bonds. The van der Waals surface area contributed by atoms with Crippen molar-refractivity contribution in [2.75, 3.05) is 7.11 Å². The van der Waals surface area contributed by atoms with Crippen LogP contribution in [0.4, 0.5) is 0 Å². The van der Waals surface area contributed by atoms with E-state index >= 15 is 0 Å². The summed E-state index contributed by atoms with van der Waals surface area (Å²) < 4.78 is 17.2. The number of fused-ring (bicyclic) bond motifs is 2. The number of aliphatic hydroxyl groups excluding tert-OH is 2. The number of methoxy groups -OCH3 is 1. The van der Waals surface area contributed by atoms with Gasteiger partial charge in [-0.1, -0.05) is 12.1 Å². The van der Waals surface area contributed by atoms with Gasteiger partial charge in [0.15, 0.2) is 23.7 Å². The summed E-state index contributed by atoms with van der Waals surface area (Å²) in [5.41, 5.74) is 0.612. The maximum atomic E-state index is 11.8. The van der Waals surface area contributed by atoms with Crippen LogP contribution in [0.5, 0.6) is 57.5 Å². The quantitative estimate of drug-likeness (QED) is 0.167. The van der Waals surface area contributed by atoms with Crippen molar-refractivity contribution in [3.8, 4) is 57.5 Å². The molecule has 0 bridgehead atoms. The lowest BCUT2D eigenvalue weighted by atomic mass is 9.77. The van der Waals surface area contributed by atoms with Gasteiger partial charge in [0.05, 0.1) is 19.1 Å². The van der Waals surface area contributed by atoms with Gasteiger partial charge in [-0.3, -0.25) is 0 Å². The third-order valence-corrected chi connectivity index (χ3v) is 7.84. The number of rotatable bonds is 4. The summed E-state index contributed by atoms with van der Waals surface area (Å²) in [6, 6.07) is 11.6. The summed E-state index contributed by atoms with van der Waals surface area (Å²) in [5.74, 6) is -4.16. The number of hydrogen-bond donors (Lipinski definition) is 9. The van der Waals surface area contributed by atoms with E-state index in [0.29, 0.717) is 5.56 Å².